The van der Waals surface area contributed by atoms with Crippen LogP contribution in [0.2, 0.25) is 0 Å². The highest BCUT2D eigenvalue weighted by Crippen LogP contribution is 2.50. The number of aliphatic hydroxyl groups excluding tert-OH is 1. The number of aliphatic hydroxyl groups is 1. The van der Waals surface area contributed by atoms with Gasteiger partial charge in [-0.1, -0.05) is 19.9 Å². The van der Waals surface area contributed by atoms with E-state index in [0.29, 0.717) is 11.5 Å². The average molecular weight is 363 g/mol. The summed E-state index contributed by atoms with van der Waals surface area (Å²) in [5.74, 6) is 1.16. The van der Waals surface area contributed by atoms with Gasteiger partial charge in [-0.2, -0.15) is 0 Å². The molecule has 0 spiro atoms. The van der Waals surface area contributed by atoms with E-state index in [9.17, 15) is 4.79 Å². The van der Waals surface area contributed by atoms with Crippen LogP contribution in [0.5, 0.6) is 0 Å². The van der Waals surface area contributed by atoms with Gasteiger partial charge in [-0.05, 0) is 25.0 Å². The maximum Gasteiger partial charge on any atom is 0.237 e. The number of amides is 1. The zero-order valence-electron chi connectivity index (χ0n) is 15.5. The quantitative estimate of drug-likeness (QED) is 0.900. The summed E-state index contributed by atoms with van der Waals surface area (Å²) in [5.41, 5.74) is 2.96. The van der Waals surface area contributed by atoms with E-state index in [-0.39, 0.29) is 18.4 Å². The normalized spacial score (nSPS) is 21.0. The fourth-order valence-electron chi connectivity index (χ4n) is 3.68. The Kier molecular flexibility index (Phi) is 4.11. The highest BCUT2D eigenvalue weighted by molar-refractivity contribution is 6.04. The zero-order valence-corrected chi connectivity index (χ0v) is 15.5. The van der Waals surface area contributed by atoms with Crippen molar-refractivity contribution in [3.8, 4) is 0 Å². The Morgan fingerprint density at radius 1 is 1.15 bits per heavy atom. The number of rotatable bonds is 3. The molecule has 3 heterocycles. The van der Waals surface area contributed by atoms with E-state index in [1.54, 1.807) is 29.7 Å². The molecule has 1 atom stereocenters. The molecule has 1 saturated heterocycles. The molecule has 2 aliphatic rings. The maximum atomic E-state index is 13.2. The molecule has 1 N–H and O–H groups in total. The molecule has 0 radical (unpaired) electrons. The van der Waals surface area contributed by atoms with Crippen LogP contribution in [0.25, 0.3) is 5.57 Å². The van der Waals surface area contributed by atoms with E-state index >= 15 is 0 Å². The molecular weight excluding hydrogens is 342 g/mol. The molecule has 0 saturated carbocycles. The molecule has 1 amide bonds. The van der Waals surface area contributed by atoms with Crippen molar-refractivity contribution in [2.24, 2.45) is 11.3 Å². The number of aromatic nitrogens is 4. The van der Waals surface area contributed by atoms with Crippen LogP contribution < -0.4 is 4.90 Å². The Morgan fingerprint density at radius 3 is 2.44 bits per heavy atom. The minimum atomic E-state index is -0.521. The van der Waals surface area contributed by atoms with Gasteiger partial charge in [-0.25, -0.2) is 19.9 Å². The number of carbonyl (C=O) groups excluding carboxylic acids is 1. The molecule has 2 aromatic heterocycles. The van der Waals surface area contributed by atoms with Crippen molar-refractivity contribution in [3.05, 3.63) is 59.8 Å². The Balaban J connectivity index is 1.77. The van der Waals surface area contributed by atoms with Crippen molar-refractivity contribution >= 4 is 17.2 Å². The minimum absolute atomic E-state index is 0.0221. The summed E-state index contributed by atoms with van der Waals surface area (Å²) in [4.78, 5) is 31.7. The van der Waals surface area contributed by atoms with Crippen molar-refractivity contribution in [2.75, 3.05) is 4.90 Å². The van der Waals surface area contributed by atoms with Crippen LogP contribution in [0.4, 0.5) is 5.69 Å². The number of aryl methyl sites for hydroxylation is 1. The summed E-state index contributed by atoms with van der Waals surface area (Å²) >= 11 is 0. The number of allylic oxidation sites excluding steroid dienone is 4. The lowest BCUT2D eigenvalue weighted by Gasteiger charge is -2.26. The van der Waals surface area contributed by atoms with Crippen LogP contribution >= 0.6 is 0 Å². The van der Waals surface area contributed by atoms with Crippen LogP contribution in [0.1, 0.15) is 37.5 Å². The molecule has 27 heavy (non-hydrogen) atoms. The van der Waals surface area contributed by atoms with E-state index in [4.69, 9.17) is 5.11 Å². The molecule has 1 unspecified atom stereocenters. The molecule has 0 bridgehead atoms. The van der Waals surface area contributed by atoms with Gasteiger partial charge in [0.25, 0.3) is 0 Å². The second-order valence-corrected chi connectivity index (χ2v) is 7.41. The van der Waals surface area contributed by atoms with Crippen molar-refractivity contribution in [2.45, 2.75) is 33.8 Å². The van der Waals surface area contributed by atoms with Gasteiger partial charge in [-0.3, -0.25) is 9.69 Å². The Hall–Kier alpha value is -2.93. The van der Waals surface area contributed by atoms with Crippen molar-refractivity contribution in [1.82, 2.24) is 19.9 Å². The molecule has 7 heteroatoms. The molecule has 4 rings (SSSR count). The highest BCUT2D eigenvalue weighted by atomic mass is 16.3. The highest BCUT2D eigenvalue weighted by Gasteiger charge is 2.51. The fraction of sp³-hybridized carbons (Fsp3) is 0.350. The summed E-state index contributed by atoms with van der Waals surface area (Å²) in [6, 6.07) is 0. The number of fused-ring (bicyclic) bond motifs is 1. The first-order chi connectivity index (χ1) is 12.9. The second kappa shape index (κ2) is 6.35. The Morgan fingerprint density at radius 2 is 1.81 bits per heavy atom. The largest absolute Gasteiger partial charge is 0.388 e. The van der Waals surface area contributed by atoms with Crippen LogP contribution in [0, 0.1) is 18.3 Å². The third kappa shape index (κ3) is 2.84. The minimum Gasteiger partial charge on any atom is -0.388 e. The smallest absolute Gasteiger partial charge is 0.237 e. The summed E-state index contributed by atoms with van der Waals surface area (Å²) in [6.07, 6.45) is 11.7. The maximum absolute atomic E-state index is 13.2. The average Bonchev–Trinajstić information content (AvgIpc) is 2.88. The van der Waals surface area contributed by atoms with Gasteiger partial charge < -0.3 is 5.11 Å². The van der Waals surface area contributed by atoms with Crippen LogP contribution in [0.3, 0.4) is 0 Å². The molecule has 1 aliphatic carbocycles. The van der Waals surface area contributed by atoms with Gasteiger partial charge in [0.1, 0.15) is 12.4 Å². The molecule has 1 aliphatic heterocycles. The Bertz CT molecular complexity index is 945. The van der Waals surface area contributed by atoms with E-state index in [2.05, 4.69) is 26.0 Å². The van der Waals surface area contributed by atoms with E-state index in [1.165, 1.54) is 0 Å². The summed E-state index contributed by atoms with van der Waals surface area (Å²) in [5, 5.41) is 9.16. The molecular formula is C20H21N5O2. The van der Waals surface area contributed by atoms with Crippen molar-refractivity contribution in [3.63, 3.8) is 0 Å². The number of carbonyl (C=O) groups is 1. The third-order valence-corrected chi connectivity index (χ3v) is 5.32. The van der Waals surface area contributed by atoms with Gasteiger partial charge in [0.15, 0.2) is 5.82 Å². The van der Waals surface area contributed by atoms with E-state index < -0.39 is 5.41 Å². The molecule has 138 valence electrons. The van der Waals surface area contributed by atoms with Gasteiger partial charge in [-0.15, -0.1) is 0 Å². The number of nitrogens with zero attached hydrogens (tertiary/aromatic N) is 5. The van der Waals surface area contributed by atoms with Crippen LogP contribution in [-0.4, -0.2) is 30.9 Å². The summed E-state index contributed by atoms with van der Waals surface area (Å²) < 4.78 is 0. The third-order valence-electron chi connectivity index (χ3n) is 5.32. The van der Waals surface area contributed by atoms with Gasteiger partial charge in [0, 0.05) is 29.6 Å². The predicted octanol–water partition coefficient (Wildman–Crippen LogP) is 2.43. The van der Waals surface area contributed by atoms with Gasteiger partial charge in [0.05, 0.1) is 23.5 Å². The topological polar surface area (TPSA) is 92.1 Å². The van der Waals surface area contributed by atoms with Crippen LogP contribution in [-0.2, 0) is 11.4 Å². The number of hydrogen-bond acceptors (Lipinski definition) is 6. The van der Waals surface area contributed by atoms with Gasteiger partial charge >= 0.3 is 0 Å². The number of anilines is 1. The first-order valence-corrected chi connectivity index (χ1v) is 8.89. The fourth-order valence-corrected chi connectivity index (χ4v) is 3.68. The monoisotopic (exact) mass is 363 g/mol. The second-order valence-electron chi connectivity index (χ2n) is 7.41. The lowest BCUT2D eigenvalue weighted by atomic mass is 9.75. The summed E-state index contributed by atoms with van der Waals surface area (Å²) in [6.45, 7) is 5.57. The number of hydrogen-bond donors (Lipinski definition) is 1. The van der Waals surface area contributed by atoms with Crippen molar-refractivity contribution < 1.29 is 9.90 Å². The first-order valence-electron chi connectivity index (χ1n) is 8.89. The van der Waals surface area contributed by atoms with Crippen molar-refractivity contribution in [1.29, 1.82) is 0 Å². The standard InChI is InChI=1S/C20H21N5O2/c1-12-21-7-14(8-22-12)13-4-5-16-17(6-13)25(19(27)20(16,2)3)15-9-23-18(11-26)24-10-15/h4,6-10,16,26H,5,11H2,1-3H3. The summed E-state index contributed by atoms with van der Waals surface area (Å²) in [7, 11) is 0. The van der Waals surface area contributed by atoms with E-state index in [1.807, 2.05) is 26.8 Å². The van der Waals surface area contributed by atoms with Gasteiger partial charge in [0.2, 0.25) is 5.91 Å². The Labute approximate surface area is 157 Å². The van der Waals surface area contributed by atoms with Crippen LogP contribution in [0.15, 0.2) is 42.6 Å². The lowest BCUT2D eigenvalue weighted by Crippen LogP contribution is -2.31. The molecule has 2 aromatic rings. The zero-order chi connectivity index (χ0) is 19.2. The molecule has 1 fully saturated rings. The first kappa shape index (κ1) is 17.5. The lowest BCUT2D eigenvalue weighted by molar-refractivity contribution is -0.125. The molecule has 0 aromatic carbocycles. The predicted molar refractivity (Wildman–Crippen MR) is 100 cm³/mol. The SMILES string of the molecule is Cc1ncc(C2=CCC3C(=C2)N(c2cnc(CO)nc2)C(=O)C3(C)C)cn1. The van der Waals surface area contributed by atoms with E-state index in [0.717, 1.165) is 29.1 Å². The molecule has 7 nitrogen and oxygen atoms in total.